The Morgan fingerprint density at radius 2 is 1.45 bits per heavy atom. The van der Waals surface area contributed by atoms with Crippen molar-refractivity contribution in [1.82, 2.24) is 15.8 Å². The van der Waals surface area contributed by atoms with Crippen molar-refractivity contribution in [2.75, 3.05) is 13.1 Å². The minimum absolute atomic E-state index is 0.335. The molecule has 0 unspecified atom stereocenters. The van der Waals surface area contributed by atoms with E-state index in [0.717, 1.165) is 24.2 Å². The summed E-state index contributed by atoms with van der Waals surface area (Å²) in [7, 11) is 0. The number of aliphatic hydroxyl groups is 1. The van der Waals surface area contributed by atoms with Gasteiger partial charge in [0.25, 0.3) is 11.8 Å². The van der Waals surface area contributed by atoms with E-state index in [4.69, 9.17) is 0 Å². The quantitative estimate of drug-likeness (QED) is 0.627. The van der Waals surface area contributed by atoms with E-state index in [1.165, 1.54) is 0 Å². The molecule has 0 aromatic heterocycles. The Morgan fingerprint density at radius 3 is 1.86 bits per heavy atom. The molecule has 0 aliphatic rings. The summed E-state index contributed by atoms with van der Waals surface area (Å²) in [6.07, 6.45) is 0. The molecule has 0 saturated carbocycles. The van der Waals surface area contributed by atoms with Crippen molar-refractivity contribution < 1.29 is 14.7 Å². The third-order valence-electron chi connectivity index (χ3n) is 5.24. The first-order valence-electron chi connectivity index (χ1n) is 9.95. The fourth-order valence-electron chi connectivity index (χ4n) is 3.42. The molecule has 0 aliphatic heterocycles. The third-order valence-corrected chi connectivity index (χ3v) is 5.24. The molecule has 0 bridgehead atoms. The Hall–Kier alpha value is -2.70. The van der Waals surface area contributed by atoms with Crippen molar-refractivity contribution in [3.05, 3.63) is 70.8 Å². The van der Waals surface area contributed by atoms with Gasteiger partial charge in [-0.1, -0.05) is 73.5 Å². The van der Waals surface area contributed by atoms with E-state index in [2.05, 4.69) is 10.9 Å². The molecule has 6 heteroatoms. The molecule has 0 spiro atoms. The number of rotatable bonds is 7. The molecule has 156 valence electrons. The molecular formula is C23H31N3O3. The highest BCUT2D eigenvalue weighted by Crippen LogP contribution is 2.31. The smallest absolute Gasteiger partial charge is 0.279 e. The molecule has 2 amide bonds. The lowest BCUT2D eigenvalue weighted by Crippen LogP contribution is -2.56. The number of carbonyl (C=O) groups is 2. The van der Waals surface area contributed by atoms with Crippen LogP contribution in [0.15, 0.2) is 48.5 Å². The maximum Gasteiger partial charge on any atom is 0.279 e. The molecule has 2 aromatic carbocycles. The summed E-state index contributed by atoms with van der Waals surface area (Å²) in [5.74, 6) is -1.05. The van der Waals surface area contributed by atoms with Crippen LogP contribution < -0.4 is 10.9 Å². The number of aryl methyl sites for hydroxylation is 2. The Morgan fingerprint density at radius 1 is 0.966 bits per heavy atom. The van der Waals surface area contributed by atoms with Gasteiger partial charge in [0.2, 0.25) is 0 Å². The van der Waals surface area contributed by atoms with Gasteiger partial charge in [-0.05, 0) is 45.0 Å². The van der Waals surface area contributed by atoms with E-state index >= 15 is 0 Å². The van der Waals surface area contributed by atoms with Crippen LogP contribution in [0.4, 0.5) is 0 Å². The Labute approximate surface area is 172 Å². The number of hydrogen-bond acceptors (Lipinski definition) is 4. The number of likely N-dealkylation sites (N-methyl/N-ethyl adjacent to an activating group) is 1. The summed E-state index contributed by atoms with van der Waals surface area (Å²) in [5, 5.41) is 11.6. The maximum atomic E-state index is 13.1. The van der Waals surface area contributed by atoms with Crippen LogP contribution in [-0.4, -0.2) is 41.0 Å². The lowest BCUT2D eigenvalue weighted by Gasteiger charge is -2.30. The van der Waals surface area contributed by atoms with Gasteiger partial charge >= 0.3 is 0 Å². The number of nitrogens with zero attached hydrogens (tertiary/aromatic N) is 1. The second-order valence-corrected chi connectivity index (χ2v) is 7.29. The molecule has 1 atom stereocenters. The lowest BCUT2D eigenvalue weighted by atomic mass is 9.84. The molecule has 0 saturated heterocycles. The van der Waals surface area contributed by atoms with Crippen LogP contribution in [0.5, 0.6) is 0 Å². The normalized spacial score (nSPS) is 12.5. The molecule has 2 aromatic rings. The van der Waals surface area contributed by atoms with Gasteiger partial charge in [0.15, 0.2) is 5.60 Å². The largest absolute Gasteiger partial charge is 0.372 e. The summed E-state index contributed by atoms with van der Waals surface area (Å²) < 4.78 is 0. The molecule has 0 radical (unpaired) electrons. The zero-order chi connectivity index (χ0) is 21.6. The van der Waals surface area contributed by atoms with Crippen LogP contribution in [-0.2, 0) is 15.2 Å². The molecular weight excluding hydrogens is 366 g/mol. The van der Waals surface area contributed by atoms with Crippen LogP contribution in [0.25, 0.3) is 0 Å². The monoisotopic (exact) mass is 397 g/mol. The highest BCUT2D eigenvalue weighted by molar-refractivity contribution is 5.92. The van der Waals surface area contributed by atoms with Crippen LogP contribution in [0.2, 0.25) is 0 Å². The fourth-order valence-corrected chi connectivity index (χ4v) is 3.42. The maximum absolute atomic E-state index is 13.1. The van der Waals surface area contributed by atoms with Crippen LogP contribution in [0, 0.1) is 13.8 Å². The summed E-state index contributed by atoms with van der Waals surface area (Å²) >= 11 is 0. The molecule has 3 N–H and O–H groups in total. The summed E-state index contributed by atoms with van der Waals surface area (Å²) in [5.41, 5.74) is 5.66. The highest BCUT2D eigenvalue weighted by Gasteiger charge is 2.40. The minimum Gasteiger partial charge on any atom is -0.372 e. The van der Waals surface area contributed by atoms with Gasteiger partial charge in [0.05, 0.1) is 6.04 Å². The zero-order valence-corrected chi connectivity index (χ0v) is 17.8. The molecule has 6 nitrogen and oxygen atoms in total. The van der Waals surface area contributed by atoms with Gasteiger partial charge in [0, 0.05) is 0 Å². The number of hydrazine groups is 1. The van der Waals surface area contributed by atoms with Gasteiger partial charge < -0.3 is 5.11 Å². The van der Waals surface area contributed by atoms with Gasteiger partial charge in [-0.3, -0.25) is 25.3 Å². The van der Waals surface area contributed by atoms with Crippen molar-refractivity contribution in [2.24, 2.45) is 0 Å². The van der Waals surface area contributed by atoms with E-state index in [9.17, 15) is 14.7 Å². The molecule has 0 heterocycles. The first-order chi connectivity index (χ1) is 13.7. The van der Waals surface area contributed by atoms with Gasteiger partial charge in [-0.15, -0.1) is 0 Å². The fraction of sp³-hybridized carbons (Fsp3) is 0.391. The number of amides is 2. The highest BCUT2D eigenvalue weighted by atomic mass is 16.3. The van der Waals surface area contributed by atoms with Crippen molar-refractivity contribution in [1.29, 1.82) is 0 Å². The van der Waals surface area contributed by atoms with Crippen LogP contribution in [0.1, 0.15) is 43.0 Å². The first-order valence-corrected chi connectivity index (χ1v) is 9.95. The predicted molar refractivity (Wildman–Crippen MR) is 114 cm³/mol. The van der Waals surface area contributed by atoms with Crippen molar-refractivity contribution in [2.45, 2.75) is 46.3 Å². The Balaban J connectivity index is 2.32. The first kappa shape index (κ1) is 22.6. The van der Waals surface area contributed by atoms with E-state index in [1.807, 2.05) is 44.7 Å². The molecule has 0 fully saturated rings. The van der Waals surface area contributed by atoms with Gasteiger partial charge in [0.1, 0.15) is 0 Å². The van der Waals surface area contributed by atoms with E-state index < -0.39 is 17.6 Å². The summed E-state index contributed by atoms with van der Waals surface area (Å²) in [4.78, 5) is 27.6. The topological polar surface area (TPSA) is 81.7 Å². The SMILES string of the molecule is CCN(CC)[C@H](C)C(=O)NNC(=O)C(O)(c1cccc(C)c1)c1cccc(C)c1. The average Bonchev–Trinajstić information content (AvgIpc) is 2.71. The predicted octanol–water partition coefficient (Wildman–Crippen LogP) is 2.42. The number of nitrogens with one attached hydrogen (secondary N) is 2. The zero-order valence-electron chi connectivity index (χ0n) is 17.8. The summed E-state index contributed by atoms with van der Waals surface area (Å²) in [6.45, 7) is 10.9. The number of carbonyl (C=O) groups excluding carboxylic acids is 2. The van der Waals surface area contributed by atoms with Crippen molar-refractivity contribution in [3.8, 4) is 0 Å². The lowest BCUT2D eigenvalue weighted by molar-refractivity contribution is -0.141. The second kappa shape index (κ2) is 9.67. The molecule has 0 aliphatic carbocycles. The third kappa shape index (κ3) is 5.02. The number of benzene rings is 2. The molecule has 2 rings (SSSR count). The number of hydrogen-bond donors (Lipinski definition) is 3. The molecule has 29 heavy (non-hydrogen) atoms. The average molecular weight is 398 g/mol. The Bertz CT molecular complexity index is 816. The second-order valence-electron chi connectivity index (χ2n) is 7.29. The summed E-state index contributed by atoms with van der Waals surface area (Å²) in [6, 6.07) is 13.9. The van der Waals surface area contributed by atoms with Crippen LogP contribution >= 0.6 is 0 Å². The van der Waals surface area contributed by atoms with E-state index in [0.29, 0.717) is 11.1 Å². The van der Waals surface area contributed by atoms with Crippen molar-refractivity contribution in [3.63, 3.8) is 0 Å². The minimum atomic E-state index is -1.94. The van der Waals surface area contributed by atoms with E-state index in [-0.39, 0.29) is 5.91 Å². The Kier molecular flexibility index (Phi) is 7.53. The van der Waals surface area contributed by atoms with Gasteiger partial charge in [-0.2, -0.15) is 0 Å². The standard InChI is InChI=1S/C23H31N3O3/c1-6-26(7-2)18(5)21(27)24-25-22(28)23(29,19-12-8-10-16(3)14-19)20-13-9-11-17(4)15-20/h8-15,18,29H,6-7H2,1-5H3,(H,24,27)(H,25,28)/t18-/m1/s1. The van der Waals surface area contributed by atoms with E-state index in [1.54, 1.807) is 43.3 Å². The van der Waals surface area contributed by atoms with Crippen molar-refractivity contribution >= 4 is 11.8 Å². The van der Waals surface area contributed by atoms with Crippen LogP contribution in [0.3, 0.4) is 0 Å². The van der Waals surface area contributed by atoms with Gasteiger partial charge in [-0.25, -0.2) is 0 Å².